The Morgan fingerprint density at radius 1 is 0.962 bits per heavy atom. The standard InChI is InChI=1S/C17H12Cl4N4S/c18-11-6-5-10(13(20)7-11)8-25-9-14(21)16(24-25)23-17(26)22-15-4-2-1-3-12(15)19/h1-7,9H,8H2,(H2,22,23,24,26). The SMILES string of the molecule is S=C(Nc1ccccc1Cl)Nc1nn(Cc2ccc(Cl)cc2Cl)cc1Cl. The summed E-state index contributed by atoms with van der Waals surface area (Å²) in [6, 6.07) is 12.6. The van der Waals surface area contributed by atoms with Crippen molar-refractivity contribution in [2.75, 3.05) is 10.6 Å². The first-order valence-corrected chi connectivity index (χ1v) is 9.34. The molecule has 0 radical (unpaired) electrons. The van der Waals surface area contributed by atoms with Gasteiger partial charge in [0.2, 0.25) is 0 Å². The molecule has 9 heteroatoms. The van der Waals surface area contributed by atoms with Crippen LogP contribution in [0.5, 0.6) is 0 Å². The maximum atomic E-state index is 6.24. The van der Waals surface area contributed by atoms with Gasteiger partial charge in [0.05, 0.1) is 17.3 Å². The monoisotopic (exact) mass is 444 g/mol. The second kappa shape index (κ2) is 8.46. The Hall–Kier alpha value is -1.50. The average Bonchev–Trinajstić information content (AvgIpc) is 2.92. The molecule has 0 aliphatic carbocycles. The molecule has 0 saturated heterocycles. The summed E-state index contributed by atoms with van der Waals surface area (Å²) in [5.41, 5.74) is 1.56. The highest BCUT2D eigenvalue weighted by atomic mass is 35.5. The lowest BCUT2D eigenvalue weighted by Gasteiger charge is -2.10. The fraction of sp³-hybridized carbons (Fsp3) is 0.0588. The first-order valence-electron chi connectivity index (χ1n) is 7.42. The van der Waals surface area contributed by atoms with Crippen molar-refractivity contribution in [1.29, 1.82) is 0 Å². The minimum Gasteiger partial charge on any atom is -0.331 e. The summed E-state index contributed by atoms with van der Waals surface area (Å²) in [5, 5.41) is 12.8. The Labute approximate surface area is 176 Å². The Bertz CT molecular complexity index is 958. The Morgan fingerprint density at radius 2 is 1.73 bits per heavy atom. The molecule has 1 heterocycles. The molecule has 0 aliphatic heterocycles. The largest absolute Gasteiger partial charge is 0.331 e. The second-order valence-corrected chi connectivity index (χ2v) is 7.38. The van der Waals surface area contributed by atoms with Gasteiger partial charge in [-0.25, -0.2) is 0 Å². The van der Waals surface area contributed by atoms with Crippen molar-refractivity contribution in [3.8, 4) is 0 Å². The molecular formula is C17H12Cl4N4S. The highest BCUT2D eigenvalue weighted by Gasteiger charge is 2.11. The van der Waals surface area contributed by atoms with E-state index in [1.807, 2.05) is 24.3 Å². The van der Waals surface area contributed by atoms with Crippen molar-refractivity contribution in [2.24, 2.45) is 0 Å². The molecule has 0 spiro atoms. The molecule has 4 nitrogen and oxygen atoms in total. The minimum absolute atomic E-state index is 0.328. The highest BCUT2D eigenvalue weighted by molar-refractivity contribution is 7.80. The van der Waals surface area contributed by atoms with E-state index in [2.05, 4.69) is 15.7 Å². The molecule has 0 atom stereocenters. The molecule has 0 fully saturated rings. The third-order valence-corrected chi connectivity index (χ3v) is 4.82. The second-order valence-electron chi connectivity index (χ2n) is 5.32. The summed E-state index contributed by atoms with van der Waals surface area (Å²) >= 11 is 29.7. The van der Waals surface area contributed by atoms with E-state index >= 15 is 0 Å². The molecule has 134 valence electrons. The van der Waals surface area contributed by atoms with Crippen LogP contribution in [0.3, 0.4) is 0 Å². The number of benzene rings is 2. The van der Waals surface area contributed by atoms with Gasteiger partial charge < -0.3 is 10.6 Å². The van der Waals surface area contributed by atoms with Crippen LogP contribution in [0.4, 0.5) is 11.5 Å². The predicted molar refractivity (Wildman–Crippen MR) is 114 cm³/mol. The molecular weight excluding hydrogens is 434 g/mol. The number of rotatable bonds is 4. The first kappa shape index (κ1) is 19.3. The molecule has 0 bridgehead atoms. The number of thiocarbonyl (C=S) groups is 1. The van der Waals surface area contributed by atoms with Crippen LogP contribution in [0.2, 0.25) is 20.1 Å². The molecule has 0 aliphatic rings. The molecule has 0 amide bonds. The molecule has 2 N–H and O–H groups in total. The van der Waals surface area contributed by atoms with Gasteiger partial charge in [0, 0.05) is 16.2 Å². The van der Waals surface area contributed by atoms with Gasteiger partial charge in [0.15, 0.2) is 10.9 Å². The lowest BCUT2D eigenvalue weighted by Crippen LogP contribution is -2.20. The third kappa shape index (κ3) is 4.81. The number of hydrogen-bond donors (Lipinski definition) is 2. The van der Waals surface area contributed by atoms with E-state index in [-0.39, 0.29) is 0 Å². The van der Waals surface area contributed by atoms with E-state index in [1.54, 1.807) is 29.1 Å². The maximum Gasteiger partial charge on any atom is 0.176 e. The average molecular weight is 446 g/mol. The fourth-order valence-electron chi connectivity index (χ4n) is 2.21. The molecule has 3 aromatic rings. The van der Waals surface area contributed by atoms with Gasteiger partial charge in [-0.15, -0.1) is 0 Å². The third-order valence-electron chi connectivity index (χ3n) is 3.42. The Morgan fingerprint density at radius 3 is 2.46 bits per heavy atom. The topological polar surface area (TPSA) is 41.9 Å². The number of anilines is 2. The van der Waals surface area contributed by atoms with Crippen molar-refractivity contribution in [3.05, 3.63) is 74.3 Å². The zero-order valence-corrected chi connectivity index (χ0v) is 17.0. The minimum atomic E-state index is 0.328. The quantitative estimate of drug-likeness (QED) is 0.458. The van der Waals surface area contributed by atoms with Gasteiger partial charge >= 0.3 is 0 Å². The van der Waals surface area contributed by atoms with E-state index in [0.717, 1.165) is 5.56 Å². The van der Waals surface area contributed by atoms with Crippen LogP contribution in [0.1, 0.15) is 5.56 Å². The van der Waals surface area contributed by atoms with Gasteiger partial charge in [0.1, 0.15) is 5.02 Å². The van der Waals surface area contributed by atoms with Gasteiger partial charge in [-0.05, 0) is 42.0 Å². The number of nitrogens with one attached hydrogen (secondary N) is 2. The lowest BCUT2D eigenvalue weighted by atomic mass is 10.2. The van der Waals surface area contributed by atoms with Crippen molar-refractivity contribution >= 4 is 75.2 Å². The smallest absolute Gasteiger partial charge is 0.176 e. The summed E-state index contributed by atoms with van der Waals surface area (Å²) in [4.78, 5) is 0. The van der Waals surface area contributed by atoms with Crippen molar-refractivity contribution in [2.45, 2.75) is 6.54 Å². The Kier molecular flexibility index (Phi) is 6.27. The summed E-state index contributed by atoms with van der Waals surface area (Å²) in [7, 11) is 0. The zero-order valence-electron chi connectivity index (χ0n) is 13.1. The first-order chi connectivity index (χ1) is 12.4. The molecule has 1 aromatic heterocycles. The van der Waals surface area contributed by atoms with E-state index in [9.17, 15) is 0 Å². The van der Waals surface area contributed by atoms with E-state index in [4.69, 9.17) is 58.6 Å². The predicted octanol–water partition coefficient (Wildman–Crippen LogP) is 6.35. The molecule has 0 saturated carbocycles. The van der Waals surface area contributed by atoms with Gasteiger partial charge in [-0.1, -0.05) is 64.6 Å². The summed E-state index contributed by atoms with van der Waals surface area (Å²) < 4.78 is 1.66. The molecule has 3 rings (SSSR count). The van der Waals surface area contributed by atoms with Crippen LogP contribution in [-0.2, 0) is 6.54 Å². The van der Waals surface area contributed by atoms with Gasteiger partial charge in [-0.2, -0.15) is 5.10 Å². The van der Waals surface area contributed by atoms with Crippen LogP contribution in [0, 0.1) is 0 Å². The highest BCUT2D eigenvalue weighted by Crippen LogP contribution is 2.25. The van der Waals surface area contributed by atoms with Crippen molar-refractivity contribution in [1.82, 2.24) is 9.78 Å². The molecule has 0 unspecified atom stereocenters. The number of hydrogen-bond acceptors (Lipinski definition) is 2. The molecule has 2 aromatic carbocycles. The maximum absolute atomic E-state index is 6.24. The van der Waals surface area contributed by atoms with Crippen molar-refractivity contribution in [3.63, 3.8) is 0 Å². The number of aromatic nitrogens is 2. The zero-order chi connectivity index (χ0) is 18.7. The number of para-hydroxylation sites is 1. The van der Waals surface area contributed by atoms with Crippen molar-refractivity contribution < 1.29 is 0 Å². The number of halogens is 4. The summed E-state index contributed by atoms with van der Waals surface area (Å²) in [5.74, 6) is 0.432. The van der Waals surface area contributed by atoms with Crippen LogP contribution >= 0.6 is 58.6 Å². The lowest BCUT2D eigenvalue weighted by molar-refractivity contribution is 0.690. The van der Waals surface area contributed by atoms with Gasteiger partial charge in [0.25, 0.3) is 0 Å². The van der Waals surface area contributed by atoms with E-state index in [1.165, 1.54) is 0 Å². The molecule has 26 heavy (non-hydrogen) atoms. The van der Waals surface area contributed by atoms with E-state index in [0.29, 0.717) is 43.3 Å². The van der Waals surface area contributed by atoms with Crippen LogP contribution in [-0.4, -0.2) is 14.9 Å². The Balaban J connectivity index is 1.70. The normalized spacial score (nSPS) is 10.6. The fourth-order valence-corrected chi connectivity index (χ4v) is 3.27. The summed E-state index contributed by atoms with van der Waals surface area (Å²) in [6.07, 6.45) is 1.69. The van der Waals surface area contributed by atoms with Crippen LogP contribution in [0.25, 0.3) is 0 Å². The summed E-state index contributed by atoms with van der Waals surface area (Å²) in [6.45, 7) is 0.447. The number of nitrogens with zero attached hydrogens (tertiary/aromatic N) is 2. The van der Waals surface area contributed by atoms with E-state index < -0.39 is 0 Å². The van der Waals surface area contributed by atoms with Crippen LogP contribution in [0.15, 0.2) is 48.7 Å². The van der Waals surface area contributed by atoms with Gasteiger partial charge in [-0.3, -0.25) is 4.68 Å². The van der Waals surface area contributed by atoms with Crippen LogP contribution < -0.4 is 10.6 Å².